The Balaban J connectivity index is 1.47. The minimum Gasteiger partial charge on any atom is -0.297 e. The van der Waals surface area contributed by atoms with Crippen molar-refractivity contribution in [3.63, 3.8) is 0 Å². The first-order valence-electron chi connectivity index (χ1n) is 9.97. The Morgan fingerprint density at radius 3 is 2.28 bits per heavy atom. The zero-order valence-electron chi connectivity index (χ0n) is 16.9. The van der Waals surface area contributed by atoms with Crippen LogP contribution in [0.3, 0.4) is 0 Å². The standard InChI is InChI=1S/C23H18ClN7S/c24-20-14-8-7-13-19(20)22-26-27-23(30(22)15-17-9-3-1-4-10-17)32-16-21-25-28-29-31(21)18-11-5-2-6-12-18/h1-14H,15-16H2. The average molecular weight is 460 g/mol. The van der Waals surface area contributed by atoms with Crippen LogP contribution in [0.2, 0.25) is 5.02 Å². The summed E-state index contributed by atoms with van der Waals surface area (Å²) in [4.78, 5) is 0. The molecule has 0 atom stereocenters. The number of tetrazole rings is 1. The molecule has 9 heteroatoms. The van der Waals surface area contributed by atoms with E-state index in [9.17, 15) is 0 Å². The van der Waals surface area contributed by atoms with Crippen LogP contribution in [0.25, 0.3) is 17.1 Å². The van der Waals surface area contributed by atoms with E-state index in [0.29, 0.717) is 17.3 Å². The second kappa shape index (κ2) is 9.33. The van der Waals surface area contributed by atoms with Crippen molar-refractivity contribution in [3.05, 3.63) is 101 Å². The summed E-state index contributed by atoms with van der Waals surface area (Å²) in [6.45, 7) is 0.625. The number of hydrogen-bond acceptors (Lipinski definition) is 6. The first-order valence-corrected chi connectivity index (χ1v) is 11.3. The highest BCUT2D eigenvalue weighted by Crippen LogP contribution is 2.31. The largest absolute Gasteiger partial charge is 0.297 e. The number of benzene rings is 3. The van der Waals surface area contributed by atoms with Gasteiger partial charge in [0.1, 0.15) is 0 Å². The molecular weight excluding hydrogens is 442 g/mol. The van der Waals surface area contributed by atoms with Gasteiger partial charge in [-0.05, 0) is 40.3 Å². The van der Waals surface area contributed by atoms with Gasteiger partial charge in [0.05, 0.1) is 23.0 Å². The van der Waals surface area contributed by atoms with Gasteiger partial charge in [-0.15, -0.1) is 15.3 Å². The Hall–Kier alpha value is -3.49. The first-order chi connectivity index (χ1) is 15.8. The quantitative estimate of drug-likeness (QED) is 0.322. The predicted octanol–water partition coefficient (Wildman–Crippen LogP) is 4.91. The molecule has 0 aliphatic heterocycles. The van der Waals surface area contributed by atoms with Crippen molar-refractivity contribution in [2.24, 2.45) is 0 Å². The fraction of sp³-hybridized carbons (Fsp3) is 0.0870. The van der Waals surface area contributed by atoms with Crippen LogP contribution in [0.1, 0.15) is 11.4 Å². The van der Waals surface area contributed by atoms with Crippen LogP contribution in [-0.2, 0) is 12.3 Å². The molecule has 0 bridgehead atoms. The summed E-state index contributed by atoms with van der Waals surface area (Å²) >= 11 is 8.01. The highest BCUT2D eigenvalue weighted by Gasteiger charge is 2.18. The van der Waals surface area contributed by atoms with Crippen molar-refractivity contribution in [1.29, 1.82) is 0 Å². The van der Waals surface area contributed by atoms with Gasteiger partial charge >= 0.3 is 0 Å². The average Bonchev–Trinajstić information content (AvgIpc) is 3.46. The number of hydrogen-bond donors (Lipinski definition) is 0. The molecule has 0 N–H and O–H groups in total. The van der Waals surface area contributed by atoms with E-state index in [1.54, 1.807) is 4.68 Å². The molecule has 7 nitrogen and oxygen atoms in total. The van der Waals surface area contributed by atoms with Gasteiger partial charge in [0, 0.05) is 5.56 Å². The summed E-state index contributed by atoms with van der Waals surface area (Å²) < 4.78 is 3.82. The maximum Gasteiger partial charge on any atom is 0.192 e. The monoisotopic (exact) mass is 459 g/mol. The van der Waals surface area contributed by atoms with Crippen molar-refractivity contribution < 1.29 is 0 Å². The summed E-state index contributed by atoms with van der Waals surface area (Å²) in [6.07, 6.45) is 0. The van der Waals surface area contributed by atoms with E-state index in [4.69, 9.17) is 11.6 Å². The molecule has 5 rings (SSSR count). The predicted molar refractivity (Wildman–Crippen MR) is 125 cm³/mol. The number of aromatic nitrogens is 7. The Bertz CT molecular complexity index is 1320. The fourth-order valence-corrected chi connectivity index (χ4v) is 4.40. The van der Waals surface area contributed by atoms with Gasteiger partial charge in [-0.1, -0.05) is 84.0 Å². The van der Waals surface area contributed by atoms with Gasteiger partial charge in [-0.3, -0.25) is 4.57 Å². The van der Waals surface area contributed by atoms with Crippen molar-refractivity contribution in [1.82, 2.24) is 35.0 Å². The lowest BCUT2D eigenvalue weighted by atomic mass is 10.2. The van der Waals surface area contributed by atoms with Crippen LogP contribution < -0.4 is 0 Å². The zero-order valence-corrected chi connectivity index (χ0v) is 18.5. The van der Waals surface area contributed by atoms with Crippen LogP contribution >= 0.6 is 23.4 Å². The Labute approximate surface area is 194 Å². The Kier molecular flexibility index (Phi) is 5.96. The summed E-state index contributed by atoms with van der Waals surface area (Å²) in [7, 11) is 0. The van der Waals surface area contributed by atoms with Gasteiger partial charge < -0.3 is 0 Å². The van der Waals surface area contributed by atoms with Crippen LogP contribution in [0.5, 0.6) is 0 Å². The van der Waals surface area contributed by atoms with Crippen LogP contribution in [0.4, 0.5) is 0 Å². The van der Waals surface area contributed by atoms with Crippen molar-refractivity contribution >= 4 is 23.4 Å². The van der Waals surface area contributed by atoms with E-state index in [2.05, 4.69) is 42.4 Å². The van der Waals surface area contributed by atoms with Gasteiger partial charge in [-0.25, -0.2) is 0 Å². The van der Waals surface area contributed by atoms with E-state index in [0.717, 1.165) is 33.6 Å². The number of thioether (sulfide) groups is 1. The number of para-hydroxylation sites is 1. The molecule has 2 aromatic heterocycles. The van der Waals surface area contributed by atoms with Crippen LogP contribution in [0.15, 0.2) is 90.1 Å². The van der Waals surface area contributed by atoms with Crippen molar-refractivity contribution in [2.75, 3.05) is 0 Å². The summed E-state index contributed by atoms with van der Waals surface area (Å²) in [5, 5.41) is 22.5. The Morgan fingerprint density at radius 2 is 1.50 bits per heavy atom. The molecule has 0 aliphatic rings. The molecule has 0 unspecified atom stereocenters. The maximum absolute atomic E-state index is 6.47. The number of nitrogens with zero attached hydrogens (tertiary/aromatic N) is 7. The van der Waals surface area contributed by atoms with E-state index in [1.165, 1.54) is 11.8 Å². The third kappa shape index (κ3) is 4.28. The first kappa shape index (κ1) is 20.4. The molecular formula is C23H18ClN7S. The van der Waals surface area contributed by atoms with E-state index in [1.807, 2.05) is 72.8 Å². The highest BCUT2D eigenvalue weighted by atomic mass is 35.5. The van der Waals surface area contributed by atoms with Gasteiger partial charge in [0.2, 0.25) is 0 Å². The van der Waals surface area contributed by atoms with E-state index < -0.39 is 0 Å². The summed E-state index contributed by atoms with van der Waals surface area (Å²) in [5.74, 6) is 2.00. The normalized spacial score (nSPS) is 11.0. The smallest absolute Gasteiger partial charge is 0.192 e. The highest BCUT2D eigenvalue weighted by molar-refractivity contribution is 7.98. The van der Waals surface area contributed by atoms with Crippen LogP contribution in [0, 0.1) is 0 Å². The van der Waals surface area contributed by atoms with Gasteiger partial charge in [0.25, 0.3) is 0 Å². The molecule has 0 radical (unpaired) electrons. The molecule has 0 saturated carbocycles. The minimum atomic E-state index is 0.539. The summed E-state index contributed by atoms with van der Waals surface area (Å²) in [6, 6.07) is 27.7. The van der Waals surface area contributed by atoms with E-state index in [-0.39, 0.29) is 0 Å². The molecule has 0 amide bonds. The third-order valence-corrected chi connectivity index (χ3v) is 6.17. The molecule has 32 heavy (non-hydrogen) atoms. The lowest BCUT2D eigenvalue weighted by molar-refractivity contribution is 0.713. The molecule has 0 saturated heterocycles. The second-order valence-corrected chi connectivity index (χ2v) is 8.34. The lowest BCUT2D eigenvalue weighted by Gasteiger charge is -2.11. The maximum atomic E-state index is 6.47. The third-order valence-electron chi connectivity index (χ3n) is 4.88. The SMILES string of the molecule is Clc1ccccc1-c1nnc(SCc2nnnn2-c2ccccc2)n1Cc1ccccc1. The molecule has 0 spiro atoms. The van der Waals surface area contributed by atoms with E-state index >= 15 is 0 Å². The molecule has 3 aromatic carbocycles. The van der Waals surface area contributed by atoms with Crippen molar-refractivity contribution in [2.45, 2.75) is 17.5 Å². The Morgan fingerprint density at radius 1 is 0.781 bits per heavy atom. The molecule has 2 heterocycles. The number of rotatable bonds is 7. The minimum absolute atomic E-state index is 0.539. The fourth-order valence-electron chi connectivity index (χ4n) is 3.34. The molecule has 0 aliphatic carbocycles. The second-order valence-electron chi connectivity index (χ2n) is 6.99. The summed E-state index contributed by atoms with van der Waals surface area (Å²) in [5.41, 5.74) is 2.91. The van der Waals surface area contributed by atoms with Crippen molar-refractivity contribution in [3.8, 4) is 17.1 Å². The lowest BCUT2D eigenvalue weighted by Crippen LogP contribution is -2.06. The topological polar surface area (TPSA) is 74.3 Å². The zero-order chi connectivity index (χ0) is 21.8. The van der Waals surface area contributed by atoms with Crippen LogP contribution in [-0.4, -0.2) is 35.0 Å². The number of halogens is 1. The molecule has 5 aromatic rings. The van der Waals surface area contributed by atoms with Gasteiger partial charge in [0.15, 0.2) is 16.8 Å². The molecule has 0 fully saturated rings. The van der Waals surface area contributed by atoms with Gasteiger partial charge in [-0.2, -0.15) is 4.68 Å². The molecule has 158 valence electrons.